The molecule has 2 aromatic carbocycles. The first-order valence-electron chi connectivity index (χ1n) is 12.2. The van der Waals surface area contributed by atoms with Crippen LogP contribution in [0.25, 0.3) is 0 Å². The van der Waals surface area contributed by atoms with Crippen LogP contribution in [0.1, 0.15) is 24.0 Å². The Hall–Kier alpha value is -3.22. The zero-order valence-corrected chi connectivity index (χ0v) is 21.5. The molecule has 5 rings (SSSR count). The number of aliphatic hydroxyl groups is 1. The molecule has 4 N–H and O–H groups in total. The number of carboxylic acid groups (broad SMARTS) is 2. The Bertz CT molecular complexity index is 1230. The molecule has 3 heterocycles. The largest absolute Gasteiger partial charge is 0.508 e. The molecule has 0 bridgehead atoms. The van der Waals surface area contributed by atoms with E-state index in [-0.39, 0.29) is 23.8 Å². The first-order chi connectivity index (χ1) is 18.3. The summed E-state index contributed by atoms with van der Waals surface area (Å²) in [6, 6.07) is 10.5. The van der Waals surface area contributed by atoms with Crippen molar-refractivity contribution < 1.29 is 47.9 Å². The van der Waals surface area contributed by atoms with Gasteiger partial charge in [0.05, 0.1) is 18.6 Å². The van der Waals surface area contributed by atoms with Gasteiger partial charge in [-0.3, -0.25) is 9.69 Å². The average Bonchev–Trinajstić information content (AvgIpc) is 3.40. The van der Waals surface area contributed by atoms with E-state index in [0.717, 1.165) is 48.7 Å². The molecule has 2 atom stereocenters. The van der Waals surface area contributed by atoms with Gasteiger partial charge >= 0.3 is 18.1 Å². The summed E-state index contributed by atoms with van der Waals surface area (Å²) in [6.45, 7) is 2.63. The number of piperidine rings is 1. The van der Waals surface area contributed by atoms with Gasteiger partial charge in [-0.15, -0.1) is 0 Å². The Morgan fingerprint density at radius 1 is 1.08 bits per heavy atom. The van der Waals surface area contributed by atoms with Crippen LogP contribution in [0.5, 0.6) is 11.5 Å². The number of ether oxygens (including phenoxy) is 1. The van der Waals surface area contributed by atoms with E-state index in [4.69, 9.17) is 26.2 Å². The first kappa shape index (κ1) is 28.8. The lowest BCUT2D eigenvalue weighted by molar-refractivity contribution is -0.192. The third-order valence-electron chi connectivity index (χ3n) is 7.29. The van der Waals surface area contributed by atoms with Crippen molar-refractivity contribution in [3.05, 3.63) is 52.5 Å². The minimum Gasteiger partial charge on any atom is -0.508 e. The summed E-state index contributed by atoms with van der Waals surface area (Å²) < 4.78 is 38.1. The number of hydrogen-bond acceptors (Lipinski definition) is 7. The number of carbonyl (C=O) groups is 2. The van der Waals surface area contributed by atoms with Crippen molar-refractivity contribution in [2.24, 2.45) is 0 Å². The number of benzene rings is 2. The molecule has 13 heteroatoms. The van der Waals surface area contributed by atoms with E-state index in [1.54, 1.807) is 12.1 Å². The maximum absolute atomic E-state index is 11.3. The Morgan fingerprint density at radius 2 is 1.74 bits per heavy atom. The Balaban J connectivity index is 0.000000448. The number of halogens is 4. The third kappa shape index (κ3) is 6.68. The molecule has 0 aliphatic carbocycles. The molecule has 3 aliphatic heterocycles. The highest BCUT2D eigenvalue weighted by Crippen LogP contribution is 2.42. The second-order valence-electron chi connectivity index (χ2n) is 9.98. The number of β-amino-alcohol motifs (C(OH)–C–C–N with tert-alkyl or cyclic N) is 1. The molecular formula is C26H28ClF3N2O7. The standard InChI is InChI=1S/C24H27ClN2O5.C2HF3O2/c25-17-2-4-22-16(9-17)12-24(32-22)5-7-26(8-6-24)20-13-27(14-21(20)29)19-11-18(28)3-1-15(19)10-23(30)31;3-2(4,5)1(6)7/h1-4,9,11,20-21,28-29H,5-8,10,12-14H2,(H,30,31);(H,6,7)/t20?,21-;/m1./s1. The molecule has 0 aromatic heterocycles. The smallest absolute Gasteiger partial charge is 0.490 e. The lowest BCUT2D eigenvalue weighted by atomic mass is 9.86. The monoisotopic (exact) mass is 572 g/mol. The number of carboxylic acids is 2. The third-order valence-corrected chi connectivity index (χ3v) is 7.53. The van der Waals surface area contributed by atoms with Crippen molar-refractivity contribution in [3.8, 4) is 11.5 Å². The van der Waals surface area contributed by atoms with Gasteiger partial charge in [0.25, 0.3) is 0 Å². The van der Waals surface area contributed by atoms with Crippen molar-refractivity contribution >= 4 is 29.2 Å². The number of phenols is 1. The number of fused-ring (bicyclic) bond motifs is 1. The van der Waals surface area contributed by atoms with Crippen LogP contribution in [-0.4, -0.2) is 87.4 Å². The summed E-state index contributed by atoms with van der Waals surface area (Å²) in [5.41, 5.74) is 2.27. The highest BCUT2D eigenvalue weighted by Gasteiger charge is 2.45. The molecule has 0 saturated carbocycles. The van der Waals surface area contributed by atoms with E-state index < -0.39 is 24.2 Å². The lowest BCUT2D eigenvalue weighted by Crippen LogP contribution is -2.53. The zero-order valence-electron chi connectivity index (χ0n) is 20.7. The maximum atomic E-state index is 11.3. The van der Waals surface area contributed by atoms with E-state index in [2.05, 4.69) is 4.90 Å². The first-order valence-corrected chi connectivity index (χ1v) is 12.6. The van der Waals surface area contributed by atoms with E-state index >= 15 is 0 Å². The van der Waals surface area contributed by atoms with Gasteiger partial charge in [0.15, 0.2) is 0 Å². The van der Waals surface area contributed by atoms with Crippen LogP contribution in [0.15, 0.2) is 36.4 Å². The molecule has 212 valence electrons. The Morgan fingerprint density at radius 3 is 2.36 bits per heavy atom. The van der Waals surface area contributed by atoms with Crippen molar-refractivity contribution in [1.82, 2.24) is 4.90 Å². The van der Waals surface area contributed by atoms with E-state index in [1.807, 2.05) is 23.1 Å². The Labute approximate surface area is 227 Å². The number of phenolic OH excluding ortho intramolecular Hbond substituents is 1. The summed E-state index contributed by atoms with van der Waals surface area (Å²) in [6.07, 6.45) is -3.15. The second kappa shape index (κ2) is 11.1. The van der Waals surface area contributed by atoms with Gasteiger partial charge in [-0.25, -0.2) is 4.79 Å². The predicted molar refractivity (Wildman–Crippen MR) is 134 cm³/mol. The lowest BCUT2D eigenvalue weighted by Gasteiger charge is -2.41. The molecule has 2 saturated heterocycles. The van der Waals surface area contributed by atoms with Crippen molar-refractivity contribution in [1.29, 1.82) is 0 Å². The average molecular weight is 573 g/mol. The quantitative estimate of drug-likeness (QED) is 0.436. The van der Waals surface area contributed by atoms with Crippen LogP contribution in [-0.2, 0) is 22.4 Å². The van der Waals surface area contributed by atoms with Crippen LogP contribution in [0.4, 0.5) is 18.9 Å². The molecule has 1 spiro atoms. The number of hydrogen-bond donors (Lipinski definition) is 4. The fourth-order valence-corrected chi connectivity index (χ4v) is 5.62. The van der Waals surface area contributed by atoms with E-state index in [1.165, 1.54) is 6.07 Å². The van der Waals surface area contributed by atoms with Crippen LogP contribution in [0.3, 0.4) is 0 Å². The normalized spacial score (nSPS) is 22.1. The summed E-state index contributed by atoms with van der Waals surface area (Å²) in [5.74, 6) is -2.67. The number of aliphatic carboxylic acids is 2. The molecule has 0 amide bonds. The van der Waals surface area contributed by atoms with Gasteiger partial charge in [0.1, 0.15) is 17.1 Å². The van der Waals surface area contributed by atoms with Crippen LogP contribution >= 0.6 is 11.6 Å². The minimum atomic E-state index is -5.08. The topological polar surface area (TPSA) is 131 Å². The molecule has 2 fully saturated rings. The fourth-order valence-electron chi connectivity index (χ4n) is 5.43. The van der Waals surface area contributed by atoms with E-state index in [9.17, 15) is 33.3 Å². The summed E-state index contributed by atoms with van der Waals surface area (Å²) >= 11 is 6.14. The molecule has 2 aromatic rings. The number of alkyl halides is 3. The molecular weight excluding hydrogens is 545 g/mol. The van der Waals surface area contributed by atoms with Gasteiger partial charge in [-0.1, -0.05) is 17.7 Å². The number of likely N-dealkylation sites (tertiary alicyclic amines) is 1. The SMILES string of the molecule is O=C(O)C(F)(F)F.O=C(O)Cc1ccc(O)cc1N1CC(N2CCC3(CC2)Cc2cc(Cl)ccc2O3)[C@H](O)C1. The molecule has 3 aliphatic rings. The number of nitrogens with zero attached hydrogens (tertiary/aromatic N) is 2. The van der Waals surface area contributed by atoms with Crippen molar-refractivity contribution in [3.63, 3.8) is 0 Å². The van der Waals surface area contributed by atoms with Crippen molar-refractivity contribution in [2.45, 2.75) is 49.6 Å². The molecule has 39 heavy (non-hydrogen) atoms. The second-order valence-corrected chi connectivity index (χ2v) is 10.4. The number of rotatable bonds is 4. The number of aromatic hydroxyl groups is 1. The van der Waals surface area contributed by atoms with Gasteiger partial charge in [0, 0.05) is 62.2 Å². The molecule has 9 nitrogen and oxygen atoms in total. The highest BCUT2D eigenvalue weighted by molar-refractivity contribution is 6.30. The summed E-state index contributed by atoms with van der Waals surface area (Å²) in [4.78, 5) is 24.5. The van der Waals surface area contributed by atoms with Crippen LogP contribution in [0, 0.1) is 0 Å². The van der Waals surface area contributed by atoms with Gasteiger partial charge < -0.3 is 30.1 Å². The highest BCUT2D eigenvalue weighted by atomic mass is 35.5. The van der Waals surface area contributed by atoms with Crippen LogP contribution < -0.4 is 9.64 Å². The maximum Gasteiger partial charge on any atom is 0.490 e. The molecule has 1 unspecified atom stereocenters. The fraction of sp³-hybridized carbons (Fsp3) is 0.462. The predicted octanol–water partition coefficient (Wildman–Crippen LogP) is 3.33. The van der Waals surface area contributed by atoms with Gasteiger partial charge in [0.2, 0.25) is 0 Å². The van der Waals surface area contributed by atoms with Crippen LogP contribution in [0.2, 0.25) is 5.02 Å². The number of aliphatic hydroxyl groups excluding tert-OH is 1. The van der Waals surface area contributed by atoms with E-state index in [0.29, 0.717) is 24.3 Å². The summed E-state index contributed by atoms with van der Waals surface area (Å²) in [7, 11) is 0. The zero-order chi connectivity index (χ0) is 28.5. The minimum absolute atomic E-state index is 0.0504. The van der Waals surface area contributed by atoms with Gasteiger partial charge in [-0.05, 0) is 35.4 Å². The summed E-state index contributed by atoms with van der Waals surface area (Å²) in [5, 5.41) is 37.9. The van der Waals surface area contributed by atoms with Gasteiger partial charge in [-0.2, -0.15) is 13.2 Å². The Kier molecular flexibility index (Phi) is 8.20. The van der Waals surface area contributed by atoms with Crippen molar-refractivity contribution in [2.75, 3.05) is 31.1 Å². The molecule has 0 radical (unpaired) electrons. The number of anilines is 1.